The van der Waals surface area contributed by atoms with Gasteiger partial charge in [-0.1, -0.05) is 34.8 Å². The Labute approximate surface area is 129 Å². The number of hydrogen-bond donors (Lipinski definition) is 2. The van der Waals surface area contributed by atoms with Crippen molar-refractivity contribution in [2.24, 2.45) is 0 Å². The van der Waals surface area contributed by atoms with Crippen molar-refractivity contribution in [3.8, 4) is 0 Å². The molecule has 2 aromatic rings. The summed E-state index contributed by atoms with van der Waals surface area (Å²) < 4.78 is 26.6. The van der Waals surface area contributed by atoms with E-state index in [0.29, 0.717) is 5.02 Å². The fourth-order valence-electron chi connectivity index (χ4n) is 1.37. The van der Waals surface area contributed by atoms with Gasteiger partial charge in [-0.15, -0.1) is 0 Å². The van der Waals surface area contributed by atoms with E-state index in [4.69, 9.17) is 40.5 Å². The molecule has 106 valence electrons. The molecule has 0 unspecified atom stereocenters. The lowest BCUT2D eigenvalue weighted by Gasteiger charge is -2.10. The van der Waals surface area contributed by atoms with Crippen molar-refractivity contribution in [2.75, 3.05) is 10.5 Å². The molecule has 0 aliphatic rings. The number of nitrogens with zero attached hydrogens (tertiary/aromatic N) is 2. The average Bonchev–Trinajstić information content (AvgIpc) is 2.34. The van der Waals surface area contributed by atoms with E-state index in [1.807, 2.05) is 0 Å². The van der Waals surface area contributed by atoms with Crippen LogP contribution in [0.25, 0.3) is 0 Å². The van der Waals surface area contributed by atoms with E-state index in [-0.39, 0.29) is 26.6 Å². The first-order valence-electron chi connectivity index (χ1n) is 5.05. The van der Waals surface area contributed by atoms with E-state index in [9.17, 15) is 8.42 Å². The van der Waals surface area contributed by atoms with Gasteiger partial charge in [0.2, 0.25) is 0 Å². The van der Waals surface area contributed by atoms with Gasteiger partial charge in [0, 0.05) is 5.02 Å². The van der Waals surface area contributed by atoms with Gasteiger partial charge in [-0.2, -0.15) is 0 Å². The number of anilines is 2. The third-order valence-corrected chi connectivity index (χ3v) is 4.63. The number of aromatic nitrogens is 2. The average molecular weight is 354 g/mol. The fraction of sp³-hybridized carbons (Fsp3) is 0. The molecule has 1 aromatic carbocycles. The first-order chi connectivity index (χ1) is 9.31. The zero-order valence-corrected chi connectivity index (χ0v) is 12.7. The summed E-state index contributed by atoms with van der Waals surface area (Å²) in [6, 6.07) is 4.00. The highest BCUT2D eigenvalue weighted by Crippen LogP contribution is 2.29. The van der Waals surface area contributed by atoms with Gasteiger partial charge in [0.1, 0.15) is 16.2 Å². The quantitative estimate of drug-likeness (QED) is 0.653. The van der Waals surface area contributed by atoms with Gasteiger partial charge in [-0.05, 0) is 18.2 Å². The number of nitrogens with one attached hydrogen (secondary N) is 1. The van der Waals surface area contributed by atoms with Crippen molar-refractivity contribution < 1.29 is 8.42 Å². The van der Waals surface area contributed by atoms with Gasteiger partial charge in [0.25, 0.3) is 10.0 Å². The molecule has 6 nitrogen and oxygen atoms in total. The van der Waals surface area contributed by atoms with Crippen LogP contribution in [-0.2, 0) is 10.0 Å². The fourth-order valence-corrected chi connectivity index (χ4v) is 3.02. The van der Waals surface area contributed by atoms with Crippen molar-refractivity contribution >= 4 is 56.3 Å². The molecule has 0 spiro atoms. The van der Waals surface area contributed by atoms with Crippen LogP contribution in [0.2, 0.25) is 15.2 Å². The number of halogens is 3. The molecule has 1 aromatic heterocycles. The van der Waals surface area contributed by atoms with Crippen LogP contribution < -0.4 is 10.5 Å². The lowest BCUT2D eigenvalue weighted by molar-refractivity contribution is 0.601. The maximum absolute atomic E-state index is 12.2. The minimum atomic E-state index is -3.97. The second kappa shape index (κ2) is 5.61. The predicted molar refractivity (Wildman–Crippen MR) is 78.7 cm³/mol. The van der Waals surface area contributed by atoms with Crippen LogP contribution in [0.15, 0.2) is 29.4 Å². The monoisotopic (exact) mass is 352 g/mol. The third kappa shape index (κ3) is 3.06. The van der Waals surface area contributed by atoms with Gasteiger partial charge >= 0.3 is 0 Å². The molecule has 2 rings (SSSR count). The summed E-state index contributed by atoms with van der Waals surface area (Å²) in [5.41, 5.74) is 5.63. The molecular formula is C10H7Cl3N4O2S. The smallest absolute Gasteiger partial charge is 0.265 e. The van der Waals surface area contributed by atoms with Gasteiger partial charge in [0.05, 0.1) is 5.69 Å². The van der Waals surface area contributed by atoms with E-state index in [1.54, 1.807) is 0 Å². The highest BCUT2D eigenvalue weighted by atomic mass is 35.5. The van der Waals surface area contributed by atoms with Crippen LogP contribution in [0.1, 0.15) is 0 Å². The molecule has 3 N–H and O–H groups in total. The summed E-state index contributed by atoms with van der Waals surface area (Å²) in [5, 5.41) is 0.151. The van der Waals surface area contributed by atoms with E-state index >= 15 is 0 Å². The van der Waals surface area contributed by atoms with Gasteiger partial charge in [-0.25, -0.2) is 18.4 Å². The summed E-state index contributed by atoms with van der Waals surface area (Å²) >= 11 is 17.2. The van der Waals surface area contributed by atoms with Crippen LogP contribution in [0.5, 0.6) is 0 Å². The number of nitrogens with two attached hydrogens (primary N) is 1. The summed E-state index contributed by atoms with van der Waals surface area (Å²) in [6.07, 6.45) is 1.08. The van der Waals surface area contributed by atoms with Crippen molar-refractivity contribution in [1.82, 2.24) is 9.97 Å². The van der Waals surface area contributed by atoms with Gasteiger partial charge < -0.3 is 5.73 Å². The van der Waals surface area contributed by atoms with Crippen molar-refractivity contribution in [3.63, 3.8) is 0 Å². The van der Waals surface area contributed by atoms with Gasteiger partial charge in [-0.3, -0.25) is 4.72 Å². The standard InChI is InChI=1S/C10H7Cl3N4O2S/c11-5-1-2-7(6(14)3-5)20(18,19)17-10-8(12)9(13)15-4-16-10/h1-4H,14H2,(H,15,16,17). The lowest BCUT2D eigenvalue weighted by Crippen LogP contribution is -2.16. The van der Waals surface area contributed by atoms with Crippen LogP contribution in [0, 0.1) is 0 Å². The van der Waals surface area contributed by atoms with E-state index in [2.05, 4.69) is 14.7 Å². The minimum Gasteiger partial charge on any atom is -0.398 e. The molecule has 0 saturated heterocycles. The molecule has 1 heterocycles. The molecule has 0 atom stereocenters. The van der Waals surface area contributed by atoms with Crippen molar-refractivity contribution in [2.45, 2.75) is 4.90 Å². The van der Waals surface area contributed by atoms with Crippen LogP contribution >= 0.6 is 34.8 Å². The predicted octanol–water partition coefficient (Wildman–Crippen LogP) is 2.82. The first-order valence-corrected chi connectivity index (χ1v) is 7.67. The topological polar surface area (TPSA) is 98.0 Å². The van der Waals surface area contributed by atoms with Crippen LogP contribution in [-0.4, -0.2) is 18.4 Å². The van der Waals surface area contributed by atoms with E-state index in [0.717, 1.165) is 6.33 Å². The Hall–Kier alpha value is -1.28. The molecular weight excluding hydrogens is 347 g/mol. The molecule has 20 heavy (non-hydrogen) atoms. The van der Waals surface area contributed by atoms with Crippen molar-refractivity contribution in [3.05, 3.63) is 39.7 Å². The Bertz CT molecular complexity index is 767. The van der Waals surface area contributed by atoms with Crippen LogP contribution in [0.3, 0.4) is 0 Å². The number of sulfonamides is 1. The Kier molecular flexibility index (Phi) is 4.24. The minimum absolute atomic E-state index is 0.00118. The molecule has 0 fully saturated rings. The lowest BCUT2D eigenvalue weighted by atomic mass is 10.3. The highest BCUT2D eigenvalue weighted by Gasteiger charge is 2.20. The number of rotatable bonds is 3. The summed E-state index contributed by atoms with van der Waals surface area (Å²) in [6.45, 7) is 0. The van der Waals surface area contributed by atoms with Crippen LogP contribution in [0.4, 0.5) is 11.5 Å². The number of benzene rings is 1. The second-order valence-corrected chi connectivity index (χ2v) is 6.44. The summed E-state index contributed by atoms with van der Waals surface area (Å²) in [7, 11) is -3.97. The Balaban J connectivity index is 2.44. The second-order valence-electron chi connectivity index (χ2n) is 3.61. The van der Waals surface area contributed by atoms with E-state index in [1.165, 1.54) is 18.2 Å². The molecule has 0 bridgehead atoms. The normalized spacial score (nSPS) is 11.3. The molecule has 10 heteroatoms. The number of nitrogen functional groups attached to an aromatic ring is 1. The SMILES string of the molecule is Nc1cc(Cl)ccc1S(=O)(=O)Nc1ncnc(Cl)c1Cl. The first kappa shape index (κ1) is 15.1. The highest BCUT2D eigenvalue weighted by molar-refractivity contribution is 7.92. The van der Waals surface area contributed by atoms with Gasteiger partial charge in [0.15, 0.2) is 11.0 Å². The summed E-state index contributed by atoms with van der Waals surface area (Å²) in [4.78, 5) is 7.18. The molecule has 0 aliphatic heterocycles. The molecule has 0 radical (unpaired) electrons. The Morgan fingerprint density at radius 1 is 1.15 bits per heavy atom. The Morgan fingerprint density at radius 2 is 1.85 bits per heavy atom. The molecule has 0 saturated carbocycles. The third-order valence-electron chi connectivity index (χ3n) is 2.24. The molecule has 0 amide bonds. The Morgan fingerprint density at radius 3 is 2.50 bits per heavy atom. The van der Waals surface area contributed by atoms with E-state index < -0.39 is 10.0 Å². The maximum Gasteiger partial charge on any atom is 0.265 e. The maximum atomic E-state index is 12.2. The summed E-state index contributed by atoms with van der Waals surface area (Å²) in [5.74, 6) is -0.138. The zero-order chi connectivity index (χ0) is 14.9. The largest absolute Gasteiger partial charge is 0.398 e. The molecule has 0 aliphatic carbocycles. The number of hydrogen-bond acceptors (Lipinski definition) is 5. The van der Waals surface area contributed by atoms with Crippen molar-refractivity contribution in [1.29, 1.82) is 0 Å². The zero-order valence-electron chi connectivity index (χ0n) is 9.64.